The van der Waals surface area contributed by atoms with Crippen molar-refractivity contribution in [3.63, 3.8) is 0 Å². The number of aromatic nitrogens is 2. The van der Waals surface area contributed by atoms with Crippen molar-refractivity contribution in [2.24, 2.45) is 0 Å². The summed E-state index contributed by atoms with van der Waals surface area (Å²) in [4.78, 5) is 13.9. The second-order valence-corrected chi connectivity index (χ2v) is 7.14. The monoisotopic (exact) mass is 324 g/mol. The molecule has 0 amide bonds. The van der Waals surface area contributed by atoms with Crippen molar-refractivity contribution in [1.29, 1.82) is 0 Å². The van der Waals surface area contributed by atoms with Gasteiger partial charge in [-0.25, -0.2) is 9.97 Å². The summed E-state index contributed by atoms with van der Waals surface area (Å²) in [6.07, 6.45) is 5.03. The molecule has 0 saturated carbocycles. The van der Waals surface area contributed by atoms with Gasteiger partial charge in [-0.3, -0.25) is 0 Å². The van der Waals surface area contributed by atoms with Gasteiger partial charge in [0.15, 0.2) is 5.13 Å². The minimum absolute atomic E-state index is 0.286. The van der Waals surface area contributed by atoms with Crippen LogP contribution in [-0.4, -0.2) is 23.1 Å². The van der Waals surface area contributed by atoms with E-state index >= 15 is 0 Å². The zero-order chi connectivity index (χ0) is 15.2. The van der Waals surface area contributed by atoms with Crippen LogP contribution in [0.1, 0.15) is 48.5 Å². The Balaban J connectivity index is 1.90. The van der Waals surface area contributed by atoms with Crippen molar-refractivity contribution in [3.8, 4) is 0 Å². The molecule has 0 aromatic carbocycles. The number of thiazole rings is 2. The van der Waals surface area contributed by atoms with E-state index in [0.29, 0.717) is 0 Å². The first-order valence-electron chi connectivity index (χ1n) is 7.55. The standard InChI is InChI=1S/C15H24N4S2/c1-5-12-8-17-14(20-12)11(4)16-9-13-10-18-15(21-13)19(6-2)7-3/h8,10-11,16H,5-7,9H2,1-4H3. The first-order valence-corrected chi connectivity index (χ1v) is 9.18. The molecular formula is C15H24N4S2. The van der Waals surface area contributed by atoms with Crippen LogP contribution in [0, 0.1) is 0 Å². The summed E-state index contributed by atoms with van der Waals surface area (Å²) in [7, 11) is 0. The number of anilines is 1. The molecule has 0 saturated heterocycles. The fourth-order valence-electron chi connectivity index (χ4n) is 2.05. The van der Waals surface area contributed by atoms with E-state index in [0.717, 1.165) is 31.2 Å². The van der Waals surface area contributed by atoms with Crippen LogP contribution >= 0.6 is 22.7 Å². The molecule has 0 aliphatic heterocycles. The van der Waals surface area contributed by atoms with E-state index in [1.165, 1.54) is 14.8 Å². The Morgan fingerprint density at radius 2 is 1.81 bits per heavy atom. The van der Waals surface area contributed by atoms with Gasteiger partial charge in [-0.1, -0.05) is 6.92 Å². The van der Waals surface area contributed by atoms with Crippen molar-refractivity contribution in [2.75, 3.05) is 18.0 Å². The lowest BCUT2D eigenvalue weighted by molar-refractivity contribution is 0.575. The molecule has 6 heteroatoms. The highest BCUT2D eigenvalue weighted by atomic mass is 32.1. The summed E-state index contributed by atoms with van der Waals surface area (Å²) in [5.41, 5.74) is 0. The normalized spacial score (nSPS) is 12.6. The van der Waals surface area contributed by atoms with Gasteiger partial charge < -0.3 is 10.2 Å². The van der Waals surface area contributed by atoms with Crippen molar-refractivity contribution in [3.05, 3.63) is 27.2 Å². The number of aryl methyl sites for hydroxylation is 1. The number of hydrogen-bond donors (Lipinski definition) is 1. The van der Waals surface area contributed by atoms with Crippen LogP contribution in [-0.2, 0) is 13.0 Å². The van der Waals surface area contributed by atoms with Crippen LogP contribution < -0.4 is 10.2 Å². The van der Waals surface area contributed by atoms with E-state index in [9.17, 15) is 0 Å². The predicted octanol–water partition coefficient (Wildman–Crippen LogP) is 3.86. The molecule has 1 atom stereocenters. The SMILES string of the molecule is CCc1cnc(C(C)NCc2cnc(N(CC)CC)s2)s1. The van der Waals surface area contributed by atoms with E-state index in [1.807, 2.05) is 12.4 Å². The van der Waals surface area contributed by atoms with Gasteiger partial charge in [0.25, 0.3) is 0 Å². The minimum Gasteiger partial charge on any atom is -0.349 e. The highest BCUT2D eigenvalue weighted by molar-refractivity contribution is 7.15. The first kappa shape index (κ1) is 16.4. The number of nitrogens with zero attached hydrogens (tertiary/aromatic N) is 3. The van der Waals surface area contributed by atoms with Gasteiger partial charge in [0.1, 0.15) is 5.01 Å². The number of rotatable bonds is 8. The maximum atomic E-state index is 4.52. The first-order chi connectivity index (χ1) is 10.2. The maximum absolute atomic E-state index is 4.52. The van der Waals surface area contributed by atoms with E-state index in [4.69, 9.17) is 0 Å². The zero-order valence-electron chi connectivity index (χ0n) is 13.2. The van der Waals surface area contributed by atoms with Gasteiger partial charge in [-0.2, -0.15) is 0 Å². The van der Waals surface area contributed by atoms with Crippen LogP contribution in [0.15, 0.2) is 12.4 Å². The number of hydrogen-bond acceptors (Lipinski definition) is 6. The zero-order valence-corrected chi connectivity index (χ0v) is 14.9. The Morgan fingerprint density at radius 1 is 1.10 bits per heavy atom. The molecule has 21 heavy (non-hydrogen) atoms. The Kier molecular flexibility index (Phi) is 6.14. The lowest BCUT2D eigenvalue weighted by atomic mass is 10.3. The molecule has 0 bridgehead atoms. The van der Waals surface area contributed by atoms with Crippen molar-refractivity contribution in [1.82, 2.24) is 15.3 Å². The largest absolute Gasteiger partial charge is 0.349 e. The molecule has 1 N–H and O–H groups in total. The Bertz CT molecular complexity index is 545. The van der Waals surface area contributed by atoms with E-state index in [-0.39, 0.29) is 6.04 Å². The van der Waals surface area contributed by atoms with Crippen LogP contribution in [0.2, 0.25) is 0 Å². The van der Waals surface area contributed by atoms with E-state index in [2.05, 4.69) is 47.9 Å². The van der Waals surface area contributed by atoms with Gasteiger partial charge >= 0.3 is 0 Å². The lowest BCUT2D eigenvalue weighted by Gasteiger charge is -2.16. The molecule has 2 aromatic heterocycles. The van der Waals surface area contributed by atoms with Crippen LogP contribution in [0.4, 0.5) is 5.13 Å². The molecule has 116 valence electrons. The average molecular weight is 325 g/mol. The summed E-state index contributed by atoms with van der Waals surface area (Å²) in [5, 5.41) is 5.83. The third-order valence-corrected chi connectivity index (χ3v) is 5.83. The van der Waals surface area contributed by atoms with Crippen molar-refractivity contribution < 1.29 is 0 Å². The van der Waals surface area contributed by atoms with Crippen LogP contribution in [0.25, 0.3) is 0 Å². The average Bonchev–Trinajstić information content (AvgIpc) is 3.15. The topological polar surface area (TPSA) is 41.1 Å². The number of nitrogens with one attached hydrogen (secondary N) is 1. The van der Waals surface area contributed by atoms with Crippen LogP contribution in [0.3, 0.4) is 0 Å². The quantitative estimate of drug-likeness (QED) is 0.800. The molecule has 0 aliphatic rings. The van der Waals surface area contributed by atoms with Gasteiger partial charge in [0.2, 0.25) is 0 Å². The Morgan fingerprint density at radius 3 is 2.43 bits per heavy atom. The molecular weight excluding hydrogens is 300 g/mol. The molecule has 2 aromatic rings. The lowest BCUT2D eigenvalue weighted by Crippen LogP contribution is -2.21. The highest BCUT2D eigenvalue weighted by Crippen LogP contribution is 2.24. The third kappa shape index (κ3) is 4.25. The van der Waals surface area contributed by atoms with Gasteiger partial charge in [0, 0.05) is 41.8 Å². The highest BCUT2D eigenvalue weighted by Gasteiger charge is 2.12. The second-order valence-electron chi connectivity index (χ2n) is 4.90. The second kappa shape index (κ2) is 7.87. The summed E-state index contributed by atoms with van der Waals surface area (Å²) >= 11 is 3.57. The Hall–Kier alpha value is -0.980. The van der Waals surface area contributed by atoms with Crippen LogP contribution in [0.5, 0.6) is 0 Å². The maximum Gasteiger partial charge on any atom is 0.185 e. The minimum atomic E-state index is 0.286. The predicted molar refractivity (Wildman–Crippen MR) is 92.4 cm³/mol. The molecule has 1 unspecified atom stereocenters. The fraction of sp³-hybridized carbons (Fsp3) is 0.600. The molecule has 2 heterocycles. The van der Waals surface area contributed by atoms with Crippen molar-refractivity contribution >= 4 is 27.8 Å². The van der Waals surface area contributed by atoms with E-state index < -0.39 is 0 Å². The molecule has 0 spiro atoms. The molecule has 0 fully saturated rings. The summed E-state index contributed by atoms with van der Waals surface area (Å²) < 4.78 is 0. The summed E-state index contributed by atoms with van der Waals surface area (Å²) in [6.45, 7) is 11.5. The smallest absolute Gasteiger partial charge is 0.185 e. The third-order valence-electron chi connectivity index (χ3n) is 3.45. The fourth-order valence-corrected chi connectivity index (χ4v) is 3.92. The van der Waals surface area contributed by atoms with E-state index in [1.54, 1.807) is 22.7 Å². The molecule has 4 nitrogen and oxygen atoms in total. The summed E-state index contributed by atoms with van der Waals surface area (Å²) in [6, 6.07) is 0.286. The Labute approximate surface area is 135 Å². The van der Waals surface area contributed by atoms with Gasteiger partial charge in [0.05, 0.1) is 6.04 Å². The van der Waals surface area contributed by atoms with Gasteiger partial charge in [-0.05, 0) is 27.2 Å². The van der Waals surface area contributed by atoms with Crippen molar-refractivity contribution in [2.45, 2.75) is 46.7 Å². The van der Waals surface area contributed by atoms with Gasteiger partial charge in [-0.15, -0.1) is 22.7 Å². The summed E-state index contributed by atoms with van der Waals surface area (Å²) in [5.74, 6) is 0. The molecule has 0 aliphatic carbocycles. The molecule has 2 rings (SSSR count). The molecule has 0 radical (unpaired) electrons.